The lowest BCUT2D eigenvalue weighted by Gasteiger charge is -2.19. The molecule has 1 aliphatic rings. The second-order valence-electron chi connectivity index (χ2n) is 4.57. The number of aromatic nitrogens is 1. The lowest BCUT2D eigenvalue weighted by molar-refractivity contribution is 0.674. The van der Waals surface area contributed by atoms with Gasteiger partial charge in [-0.25, -0.2) is 0 Å². The summed E-state index contributed by atoms with van der Waals surface area (Å²) in [6.45, 7) is 1.98. The standard InChI is InChI=1S/C13H21N3S/c1-16(7-8-17-2)13-5-6-14-12(9-13)10-15-11-3-4-11/h5-6,9,11,15H,3-4,7-8,10H2,1-2H3. The smallest absolute Gasteiger partial charge is 0.0562 e. The topological polar surface area (TPSA) is 28.2 Å². The van der Waals surface area contributed by atoms with Crippen LogP contribution in [0.2, 0.25) is 0 Å². The fraction of sp³-hybridized carbons (Fsp3) is 0.615. The van der Waals surface area contributed by atoms with Gasteiger partial charge in [0.15, 0.2) is 0 Å². The maximum Gasteiger partial charge on any atom is 0.0562 e. The maximum absolute atomic E-state index is 4.41. The molecule has 0 atom stereocenters. The van der Waals surface area contributed by atoms with Crippen LogP contribution in [0.3, 0.4) is 0 Å². The van der Waals surface area contributed by atoms with Gasteiger partial charge in [-0.2, -0.15) is 11.8 Å². The van der Waals surface area contributed by atoms with Crippen molar-refractivity contribution in [3.8, 4) is 0 Å². The highest BCUT2D eigenvalue weighted by Crippen LogP contribution is 2.19. The first-order valence-corrected chi connectivity index (χ1v) is 7.57. The first kappa shape index (κ1) is 12.7. The third kappa shape index (κ3) is 4.21. The number of hydrogen-bond acceptors (Lipinski definition) is 4. The Labute approximate surface area is 108 Å². The number of nitrogens with one attached hydrogen (secondary N) is 1. The zero-order valence-electron chi connectivity index (χ0n) is 10.6. The third-order valence-corrected chi connectivity index (χ3v) is 3.61. The molecule has 2 rings (SSSR count). The number of thioether (sulfide) groups is 1. The van der Waals surface area contributed by atoms with Crippen molar-refractivity contribution in [1.29, 1.82) is 0 Å². The summed E-state index contributed by atoms with van der Waals surface area (Å²) in [7, 11) is 2.14. The van der Waals surface area contributed by atoms with E-state index in [9.17, 15) is 0 Å². The molecule has 3 nitrogen and oxygen atoms in total. The minimum atomic E-state index is 0.745. The van der Waals surface area contributed by atoms with Gasteiger partial charge in [-0.3, -0.25) is 4.98 Å². The van der Waals surface area contributed by atoms with E-state index in [0.29, 0.717) is 0 Å². The Morgan fingerprint density at radius 2 is 2.35 bits per heavy atom. The average molecular weight is 251 g/mol. The lowest BCUT2D eigenvalue weighted by atomic mass is 10.3. The number of anilines is 1. The first-order chi connectivity index (χ1) is 8.29. The Kier molecular flexibility index (Phi) is 4.68. The average Bonchev–Trinajstić information content (AvgIpc) is 3.18. The summed E-state index contributed by atoms with van der Waals surface area (Å²) >= 11 is 1.88. The van der Waals surface area contributed by atoms with Crippen molar-refractivity contribution < 1.29 is 0 Å². The second kappa shape index (κ2) is 6.26. The van der Waals surface area contributed by atoms with Crippen molar-refractivity contribution in [2.45, 2.75) is 25.4 Å². The minimum absolute atomic E-state index is 0.745. The molecule has 0 aliphatic heterocycles. The predicted molar refractivity (Wildman–Crippen MR) is 75.8 cm³/mol. The van der Waals surface area contributed by atoms with Crippen LogP contribution in [0.1, 0.15) is 18.5 Å². The number of pyridine rings is 1. The van der Waals surface area contributed by atoms with Gasteiger partial charge in [0.1, 0.15) is 0 Å². The van der Waals surface area contributed by atoms with Crippen molar-refractivity contribution >= 4 is 17.4 Å². The van der Waals surface area contributed by atoms with Gasteiger partial charge in [0.2, 0.25) is 0 Å². The van der Waals surface area contributed by atoms with Crippen LogP contribution in [0, 0.1) is 0 Å². The van der Waals surface area contributed by atoms with E-state index < -0.39 is 0 Å². The van der Waals surface area contributed by atoms with Crippen LogP contribution >= 0.6 is 11.8 Å². The van der Waals surface area contributed by atoms with Crippen molar-refractivity contribution in [1.82, 2.24) is 10.3 Å². The predicted octanol–water partition coefficient (Wildman–Crippen LogP) is 2.13. The molecule has 0 radical (unpaired) electrons. The highest BCUT2D eigenvalue weighted by Gasteiger charge is 2.20. The Morgan fingerprint density at radius 3 is 3.06 bits per heavy atom. The summed E-state index contributed by atoms with van der Waals surface area (Å²) in [4.78, 5) is 6.70. The molecule has 94 valence electrons. The van der Waals surface area contributed by atoms with Gasteiger partial charge < -0.3 is 10.2 Å². The molecule has 4 heteroatoms. The second-order valence-corrected chi connectivity index (χ2v) is 5.56. The van der Waals surface area contributed by atoms with Gasteiger partial charge in [-0.05, 0) is 31.2 Å². The maximum atomic E-state index is 4.41. The lowest BCUT2D eigenvalue weighted by Crippen LogP contribution is -2.21. The van der Waals surface area contributed by atoms with E-state index in [-0.39, 0.29) is 0 Å². The molecule has 1 saturated carbocycles. The molecule has 0 bridgehead atoms. The van der Waals surface area contributed by atoms with Gasteiger partial charge in [-0.15, -0.1) is 0 Å². The van der Waals surface area contributed by atoms with Crippen LogP contribution < -0.4 is 10.2 Å². The normalized spacial score (nSPS) is 14.9. The van der Waals surface area contributed by atoms with E-state index in [1.807, 2.05) is 18.0 Å². The van der Waals surface area contributed by atoms with E-state index in [4.69, 9.17) is 0 Å². The minimum Gasteiger partial charge on any atom is -0.374 e. The molecule has 1 fully saturated rings. The SMILES string of the molecule is CSCCN(C)c1ccnc(CNC2CC2)c1. The number of nitrogens with zero attached hydrogens (tertiary/aromatic N) is 2. The number of rotatable bonds is 7. The summed E-state index contributed by atoms with van der Waals surface area (Å²) in [6.07, 6.45) is 6.71. The summed E-state index contributed by atoms with van der Waals surface area (Å²) in [6, 6.07) is 5.02. The molecular weight excluding hydrogens is 230 g/mol. The number of hydrogen-bond donors (Lipinski definition) is 1. The summed E-state index contributed by atoms with van der Waals surface area (Å²) in [5, 5.41) is 3.50. The van der Waals surface area contributed by atoms with E-state index in [1.165, 1.54) is 18.5 Å². The Balaban J connectivity index is 1.89. The van der Waals surface area contributed by atoms with Gasteiger partial charge in [0.25, 0.3) is 0 Å². The molecule has 1 N–H and O–H groups in total. The fourth-order valence-corrected chi connectivity index (χ4v) is 2.15. The van der Waals surface area contributed by atoms with Gasteiger partial charge in [0.05, 0.1) is 5.69 Å². The molecule has 1 aliphatic carbocycles. The zero-order chi connectivity index (χ0) is 12.1. The van der Waals surface area contributed by atoms with E-state index in [2.05, 4.69) is 40.6 Å². The van der Waals surface area contributed by atoms with Crippen LogP contribution in [0.25, 0.3) is 0 Å². The summed E-state index contributed by atoms with van der Waals surface area (Å²) in [5.41, 5.74) is 2.41. The third-order valence-electron chi connectivity index (χ3n) is 3.02. The molecule has 17 heavy (non-hydrogen) atoms. The van der Waals surface area contributed by atoms with Gasteiger partial charge in [-0.1, -0.05) is 0 Å². The van der Waals surface area contributed by atoms with Crippen molar-refractivity contribution in [3.05, 3.63) is 24.0 Å². The Hall–Kier alpha value is -0.740. The molecule has 0 spiro atoms. The quantitative estimate of drug-likeness (QED) is 0.803. The molecule has 0 amide bonds. The molecule has 1 aromatic heterocycles. The Bertz CT molecular complexity index is 352. The highest BCUT2D eigenvalue weighted by molar-refractivity contribution is 7.98. The molecule has 0 aromatic carbocycles. The van der Waals surface area contributed by atoms with E-state index in [1.54, 1.807) is 0 Å². The largest absolute Gasteiger partial charge is 0.374 e. The van der Waals surface area contributed by atoms with Crippen LogP contribution in [0.15, 0.2) is 18.3 Å². The molecule has 1 aromatic rings. The first-order valence-electron chi connectivity index (χ1n) is 6.18. The summed E-state index contributed by atoms with van der Waals surface area (Å²) in [5.74, 6) is 1.16. The zero-order valence-corrected chi connectivity index (χ0v) is 11.5. The Morgan fingerprint density at radius 1 is 1.53 bits per heavy atom. The van der Waals surface area contributed by atoms with Crippen molar-refractivity contribution in [2.75, 3.05) is 30.5 Å². The summed E-state index contributed by atoms with van der Waals surface area (Å²) < 4.78 is 0. The van der Waals surface area contributed by atoms with Crippen LogP contribution in [-0.2, 0) is 6.54 Å². The van der Waals surface area contributed by atoms with Crippen LogP contribution in [0.4, 0.5) is 5.69 Å². The molecule has 0 unspecified atom stereocenters. The van der Waals surface area contributed by atoms with Gasteiger partial charge in [0, 0.05) is 43.8 Å². The van der Waals surface area contributed by atoms with Crippen molar-refractivity contribution in [2.24, 2.45) is 0 Å². The monoisotopic (exact) mass is 251 g/mol. The molecular formula is C13H21N3S. The molecule has 0 saturated heterocycles. The van der Waals surface area contributed by atoms with Gasteiger partial charge >= 0.3 is 0 Å². The van der Waals surface area contributed by atoms with E-state index >= 15 is 0 Å². The van der Waals surface area contributed by atoms with E-state index in [0.717, 1.165) is 30.6 Å². The fourth-order valence-electron chi connectivity index (χ4n) is 1.69. The highest BCUT2D eigenvalue weighted by atomic mass is 32.2. The van der Waals surface area contributed by atoms with Crippen molar-refractivity contribution in [3.63, 3.8) is 0 Å². The van der Waals surface area contributed by atoms with Crippen LogP contribution in [-0.4, -0.2) is 36.6 Å². The molecule has 1 heterocycles. The van der Waals surface area contributed by atoms with Crippen LogP contribution in [0.5, 0.6) is 0 Å².